The number of rotatable bonds is 9. The molecule has 0 fully saturated rings. The maximum absolute atomic E-state index is 12.4. The summed E-state index contributed by atoms with van der Waals surface area (Å²) < 4.78 is 11.5. The lowest BCUT2D eigenvalue weighted by molar-refractivity contribution is -0.154. The molecule has 10 nitrogen and oxygen atoms in total. The fourth-order valence-corrected chi connectivity index (χ4v) is 2.79. The number of aryl methyl sites for hydroxylation is 1. The summed E-state index contributed by atoms with van der Waals surface area (Å²) in [6.07, 6.45) is 0.644. The summed E-state index contributed by atoms with van der Waals surface area (Å²) in [6, 6.07) is 9.31. The third-order valence-corrected chi connectivity index (χ3v) is 4.34. The van der Waals surface area contributed by atoms with Gasteiger partial charge in [0.15, 0.2) is 11.8 Å². The number of benzene rings is 1. The van der Waals surface area contributed by atoms with Crippen LogP contribution >= 0.6 is 0 Å². The molecule has 3 rings (SSSR count). The van der Waals surface area contributed by atoms with Crippen LogP contribution in [0.2, 0.25) is 0 Å². The average Bonchev–Trinajstić information content (AvgIpc) is 3.17. The lowest BCUT2D eigenvalue weighted by Gasteiger charge is -2.13. The SMILES string of the molecule is COCCNC(=O)[C@@H](C)OC(=O)CCc1nc2c(cnn2-c2ccccc2)c(=O)[nH]1. The van der Waals surface area contributed by atoms with Gasteiger partial charge in [0, 0.05) is 20.1 Å². The highest BCUT2D eigenvalue weighted by Crippen LogP contribution is 2.14. The van der Waals surface area contributed by atoms with Crippen molar-refractivity contribution in [1.82, 2.24) is 25.1 Å². The number of aromatic nitrogens is 4. The second kappa shape index (κ2) is 9.79. The monoisotopic (exact) mass is 413 g/mol. The van der Waals surface area contributed by atoms with Gasteiger partial charge in [-0.05, 0) is 19.1 Å². The van der Waals surface area contributed by atoms with E-state index in [9.17, 15) is 14.4 Å². The molecule has 1 aromatic carbocycles. The molecule has 0 saturated carbocycles. The Hall–Kier alpha value is -3.53. The fourth-order valence-electron chi connectivity index (χ4n) is 2.79. The van der Waals surface area contributed by atoms with Gasteiger partial charge in [-0.25, -0.2) is 9.67 Å². The summed E-state index contributed by atoms with van der Waals surface area (Å²) in [5.74, 6) is -0.636. The van der Waals surface area contributed by atoms with Gasteiger partial charge in [-0.1, -0.05) is 18.2 Å². The molecule has 1 atom stereocenters. The first-order valence-corrected chi connectivity index (χ1v) is 9.48. The van der Waals surface area contributed by atoms with Crippen molar-refractivity contribution >= 4 is 22.9 Å². The van der Waals surface area contributed by atoms with Crippen molar-refractivity contribution in [3.05, 3.63) is 52.7 Å². The number of esters is 1. The Bertz CT molecular complexity index is 1080. The van der Waals surface area contributed by atoms with Gasteiger partial charge in [-0.2, -0.15) is 5.10 Å². The molecule has 0 saturated heterocycles. The third-order valence-electron chi connectivity index (χ3n) is 4.34. The van der Waals surface area contributed by atoms with Crippen LogP contribution in [0.15, 0.2) is 41.3 Å². The van der Waals surface area contributed by atoms with E-state index in [2.05, 4.69) is 20.4 Å². The van der Waals surface area contributed by atoms with Crippen LogP contribution in [0.25, 0.3) is 16.7 Å². The Labute approximate surface area is 172 Å². The number of amides is 1. The number of para-hydroxylation sites is 1. The van der Waals surface area contributed by atoms with Gasteiger partial charge in [-0.15, -0.1) is 0 Å². The first kappa shape index (κ1) is 21.2. The summed E-state index contributed by atoms with van der Waals surface area (Å²) >= 11 is 0. The minimum Gasteiger partial charge on any atom is -0.453 e. The molecule has 2 heterocycles. The standard InChI is InChI=1S/C20H23N5O5/c1-13(19(27)21-10-11-29-2)30-17(26)9-8-16-23-18-15(20(28)24-16)12-22-25(18)14-6-4-3-5-7-14/h3-7,12-13H,8-11H2,1-2H3,(H,21,27)(H,23,24,28)/t13-/m1/s1. The predicted molar refractivity (Wildman–Crippen MR) is 108 cm³/mol. The molecule has 3 aromatic rings. The van der Waals surface area contributed by atoms with Crippen LogP contribution < -0.4 is 10.9 Å². The molecule has 0 radical (unpaired) electrons. The summed E-state index contributed by atoms with van der Waals surface area (Å²) in [5, 5.41) is 7.19. The average molecular weight is 413 g/mol. The number of ether oxygens (including phenoxy) is 2. The van der Waals surface area contributed by atoms with E-state index in [1.54, 1.807) is 4.68 Å². The predicted octanol–water partition coefficient (Wildman–Crippen LogP) is 0.736. The second-order valence-corrected chi connectivity index (χ2v) is 6.56. The summed E-state index contributed by atoms with van der Waals surface area (Å²) in [4.78, 5) is 43.4. The number of carbonyl (C=O) groups excluding carboxylic acids is 2. The number of hydrogen-bond acceptors (Lipinski definition) is 7. The summed E-state index contributed by atoms with van der Waals surface area (Å²) in [6.45, 7) is 2.19. The van der Waals surface area contributed by atoms with E-state index in [1.165, 1.54) is 20.2 Å². The molecular weight excluding hydrogens is 390 g/mol. The number of hydrogen-bond donors (Lipinski definition) is 2. The summed E-state index contributed by atoms with van der Waals surface area (Å²) in [5.41, 5.74) is 0.833. The maximum atomic E-state index is 12.4. The highest BCUT2D eigenvalue weighted by Gasteiger charge is 2.18. The van der Waals surface area contributed by atoms with Crippen molar-refractivity contribution in [2.24, 2.45) is 0 Å². The fraction of sp³-hybridized carbons (Fsp3) is 0.350. The van der Waals surface area contributed by atoms with Crippen molar-refractivity contribution in [1.29, 1.82) is 0 Å². The number of carbonyl (C=O) groups is 2. The number of methoxy groups -OCH3 is 1. The van der Waals surface area contributed by atoms with E-state index >= 15 is 0 Å². The first-order chi connectivity index (χ1) is 14.5. The lowest BCUT2D eigenvalue weighted by Crippen LogP contribution is -2.37. The van der Waals surface area contributed by atoms with E-state index in [-0.39, 0.29) is 18.4 Å². The van der Waals surface area contributed by atoms with Gasteiger partial charge in [-0.3, -0.25) is 14.4 Å². The molecule has 0 unspecified atom stereocenters. The zero-order valence-electron chi connectivity index (χ0n) is 16.8. The van der Waals surface area contributed by atoms with Crippen LogP contribution in [0.3, 0.4) is 0 Å². The number of fused-ring (bicyclic) bond motifs is 1. The van der Waals surface area contributed by atoms with Crippen LogP contribution in [0, 0.1) is 0 Å². The molecule has 0 bridgehead atoms. The van der Waals surface area contributed by atoms with E-state index in [4.69, 9.17) is 9.47 Å². The number of nitrogens with zero attached hydrogens (tertiary/aromatic N) is 3. The van der Waals surface area contributed by atoms with Gasteiger partial charge in [0.05, 0.1) is 24.9 Å². The molecular formula is C20H23N5O5. The van der Waals surface area contributed by atoms with Crippen LogP contribution in [0.1, 0.15) is 19.2 Å². The Morgan fingerprint density at radius 1 is 1.27 bits per heavy atom. The van der Waals surface area contributed by atoms with Gasteiger partial charge in [0.2, 0.25) is 0 Å². The Balaban J connectivity index is 1.65. The zero-order chi connectivity index (χ0) is 21.5. The van der Waals surface area contributed by atoms with Gasteiger partial charge in [0.1, 0.15) is 11.2 Å². The van der Waals surface area contributed by atoms with E-state index in [0.29, 0.717) is 30.0 Å². The smallest absolute Gasteiger partial charge is 0.307 e. The number of aromatic amines is 1. The zero-order valence-corrected chi connectivity index (χ0v) is 16.8. The molecule has 1 amide bonds. The normalized spacial score (nSPS) is 11.9. The topological polar surface area (TPSA) is 128 Å². The lowest BCUT2D eigenvalue weighted by atomic mass is 10.2. The van der Waals surface area contributed by atoms with Crippen molar-refractivity contribution in [3.63, 3.8) is 0 Å². The molecule has 0 spiro atoms. The van der Waals surface area contributed by atoms with Gasteiger partial charge >= 0.3 is 5.97 Å². The van der Waals surface area contributed by atoms with Crippen molar-refractivity contribution in [2.75, 3.05) is 20.3 Å². The quantitative estimate of drug-likeness (QED) is 0.391. The molecule has 0 aliphatic heterocycles. The summed E-state index contributed by atoms with van der Waals surface area (Å²) in [7, 11) is 1.53. The Morgan fingerprint density at radius 3 is 2.77 bits per heavy atom. The maximum Gasteiger partial charge on any atom is 0.307 e. The van der Waals surface area contributed by atoms with Crippen molar-refractivity contribution in [3.8, 4) is 5.69 Å². The Kier molecular flexibility index (Phi) is 6.91. The highest BCUT2D eigenvalue weighted by atomic mass is 16.5. The minimum absolute atomic E-state index is 0.0381. The van der Waals surface area contributed by atoms with Gasteiger partial charge < -0.3 is 19.8 Å². The Morgan fingerprint density at radius 2 is 2.03 bits per heavy atom. The molecule has 10 heteroatoms. The first-order valence-electron chi connectivity index (χ1n) is 9.48. The van der Waals surface area contributed by atoms with Crippen LogP contribution in [0.5, 0.6) is 0 Å². The van der Waals surface area contributed by atoms with E-state index < -0.39 is 18.0 Å². The molecule has 0 aliphatic rings. The number of nitrogens with one attached hydrogen (secondary N) is 2. The molecule has 30 heavy (non-hydrogen) atoms. The van der Waals surface area contributed by atoms with E-state index in [0.717, 1.165) is 5.69 Å². The molecule has 0 aliphatic carbocycles. The number of H-pyrrole nitrogens is 1. The van der Waals surface area contributed by atoms with Crippen molar-refractivity contribution in [2.45, 2.75) is 25.9 Å². The minimum atomic E-state index is -0.927. The van der Waals surface area contributed by atoms with Crippen molar-refractivity contribution < 1.29 is 19.1 Å². The molecule has 2 N–H and O–H groups in total. The van der Waals surface area contributed by atoms with Crippen LogP contribution in [-0.4, -0.2) is 58.0 Å². The highest BCUT2D eigenvalue weighted by molar-refractivity contribution is 5.83. The largest absolute Gasteiger partial charge is 0.453 e. The van der Waals surface area contributed by atoms with E-state index in [1.807, 2.05) is 30.3 Å². The second-order valence-electron chi connectivity index (χ2n) is 6.56. The van der Waals surface area contributed by atoms with Gasteiger partial charge in [0.25, 0.3) is 11.5 Å². The van der Waals surface area contributed by atoms with Crippen LogP contribution in [-0.2, 0) is 25.5 Å². The van der Waals surface area contributed by atoms with Crippen LogP contribution in [0.4, 0.5) is 0 Å². The molecule has 158 valence electrons. The third kappa shape index (κ3) is 5.09. The molecule has 2 aromatic heterocycles.